The molecule has 0 aliphatic heterocycles. The Balaban J connectivity index is 1.19. The molecule has 0 bridgehead atoms. The third kappa shape index (κ3) is 15.0. The molecule has 14 nitrogen and oxygen atoms in total. The molecule has 4 rings (SSSR count). The third-order valence-corrected chi connectivity index (χ3v) is 8.96. The van der Waals surface area contributed by atoms with Crippen molar-refractivity contribution in [2.75, 3.05) is 84.4 Å². The number of hydrogen-bond donors (Lipinski definition) is 5. The lowest BCUT2D eigenvalue weighted by molar-refractivity contribution is -0.138. The van der Waals surface area contributed by atoms with E-state index < -0.39 is 17.9 Å². The number of carbonyl (C=O) groups is 3. The van der Waals surface area contributed by atoms with Gasteiger partial charge in [-0.3, -0.25) is 14.4 Å². The number of nitrogens with one attached hydrogen (secondary N) is 3. The van der Waals surface area contributed by atoms with Gasteiger partial charge in [0.15, 0.2) is 0 Å². The van der Waals surface area contributed by atoms with E-state index in [9.17, 15) is 19.5 Å². The van der Waals surface area contributed by atoms with E-state index in [1.165, 1.54) is 0 Å². The van der Waals surface area contributed by atoms with E-state index in [-0.39, 0.29) is 25.3 Å². The Morgan fingerprint density at radius 1 is 0.852 bits per heavy atom. The molecule has 0 saturated heterocycles. The van der Waals surface area contributed by atoms with Crippen molar-refractivity contribution in [2.45, 2.75) is 32.2 Å². The number of ether oxygens (including phenoxy) is 5. The largest absolute Gasteiger partial charge is 0.490 e. The van der Waals surface area contributed by atoms with E-state index in [0.29, 0.717) is 84.5 Å². The summed E-state index contributed by atoms with van der Waals surface area (Å²) in [5, 5.41) is 21.1. The van der Waals surface area contributed by atoms with Gasteiger partial charge in [-0.05, 0) is 71.3 Å². The van der Waals surface area contributed by atoms with Gasteiger partial charge in [0.1, 0.15) is 18.2 Å². The minimum Gasteiger partial charge on any atom is -0.490 e. The fourth-order valence-electron chi connectivity index (χ4n) is 5.39. The molecular formula is C39H51N5O9S. The molecule has 0 unspecified atom stereocenters. The number of benzene rings is 2. The van der Waals surface area contributed by atoms with Crippen molar-refractivity contribution in [2.24, 2.45) is 5.73 Å². The second-order valence-corrected chi connectivity index (χ2v) is 13.1. The lowest BCUT2D eigenvalue weighted by Gasteiger charge is -2.18. The van der Waals surface area contributed by atoms with Crippen LogP contribution in [0.4, 0.5) is 5.82 Å². The summed E-state index contributed by atoms with van der Waals surface area (Å²) in [6.07, 6.45) is 2.19. The number of amides is 2. The Morgan fingerprint density at radius 2 is 1.54 bits per heavy atom. The van der Waals surface area contributed by atoms with Gasteiger partial charge in [-0.25, -0.2) is 4.98 Å². The molecule has 1 atom stereocenters. The molecule has 2 heterocycles. The molecule has 2 amide bonds. The van der Waals surface area contributed by atoms with Crippen molar-refractivity contribution in [3.8, 4) is 16.9 Å². The van der Waals surface area contributed by atoms with E-state index in [1.54, 1.807) is 17.5 Å². The van der Waals surface area contributed by atoms with Gasteiger partial charge >= 0.3 is 5.97 Å². The summed E-state index contributed by atoms with van der Waals surface area (Å²) in [5.74, 6) is -0.294. The normalized spacial score (nSPS) is 11.7. The SMILES string of the molecule is Cc1ccnc(NCCCC(=O)NCC(=O)N[C@@H](CC(=O)O)c2ccc(-c3ccc(OCCOCCOCCOCCOCCN)c4sccc34)cc2)c1. The minimum absolute atomic E-state index is 0.229. The number of nitrogens with zero attached hydrogens (tertiary/aromatic N) is 1. The van der Waals surface area contributed by atoms with Crippen LogP contribution in [-0.4, -0.2) is 107 Å². The van der Waals surface area contributed by atoms with Crippen molar-refractivity contribution < 1.29 is 43.2 Å². The topological polar surface area (TPSA) is 193 Å². The van der Waals surface area contributed by atoms with Crippen molar-refractivity contribution in [3.05, 3.63) is 77.3 Å². The maximum absolute atomic E-state index is 12.7. The molecule has 0 aliphatic rings. The van der Waals surface area contributed by atoms with E-state index >= 15 is 0 Å². The van der Waals surface area contributed by atoms with Crippen molar-refractivity contribution >= 4 is 45.0 Å². The number of fused-ring (bicyclic) bond motifs is 1. The zero-order chi connectivity index (χ0) is 38.4. The van der Waals surface area contributed by atoms with Gasteiger partial charge in [0.05, 0.1) is 76.6 Å². The average molecular weight is 766 g/mol. The summed E-state index contributed by atoms with van der Waals surface area (Å²) in [5.41, 5.74) is 9.02. The Bertz CT molecular complexity index is 1740. The van der Waals surface area contributed by atoms with Gasteiger partial charge in [0, 0.05) is 31.1 Å². The maximum atomic E-state index is 12.7. The summed E-state index contributed by atoms with van der Waals surface area (Å²) in [7, 11) is 0. The number of hydrogen-bond acceptors (Lipinski definition) is 12. The second-order valence-electron chi connectivity index (χ2n) is 12.2. The maximum Gasteiger partial charge on any atom is 0.305 e. The number of anilines is 1. The number of aryl methyl sites for hydroxylation is 1. The van der Waals surface area contributed by atoms with Crippen LogP contribution in [0.15, 0.2) is 66.2 Å². The van der Waals surface area contributed by atoms with Gasteiger partial charge < -0.3 is 50.5 Å². The molecule has 2 aromatic heterocycles. The Hall–Kier alpha value is -4.64. The van der Waals surface area contributed by atoms with Gasteiger partial charge in [-0.15, -0.1) is 11.3 Å². The van der Waals surface area contributed by atoms with Crippen LogP contribution in [-0.2, 0) is 33.3 Å². The van der Waals surface area contributed by atoms with E-state index in [0.717, 1.165) is 38.3 Å². The monoisotopic (exact) mass is 765 g/mol. The summed E-state index contributed by atoms with van der Waals surface area (Å²) < 4.78 is 28.9. The molecule has 2 aromatic carbocycles. The first-order chi connectivity index (χ1) is 26.3. The fourth-order valence-corrected chi connectivity index (χ4v) is 6.28. The number of aromatic nitrogens is 1. The first-order valence-electron chi connectivity index (χ1n) is 18.0. The summed E-state index contributed by atoms with van der Waals surface area (Å²) >= 11 is 1.58. The Morgan fingerprint density at radius 3 is 2.20 bits per heavy atom. The highest BCUT2D eigenvalue weighted by atomic mass is 32.1. The molecule has 0 radical (unpaired) electrons. The summed E-state index contributed by atoms with van der Waals surface area (Å²) in [4.78, 5) is 41.0. The number of carboxylic acid groups (broad SMARTS) is 1. The molecule has 292 valence electrons. The molecule has 0 saturated carbocycles. The average Bonchev–Trinajstić information content (AvgIpc) is 3.66. The van der Waals surface area contributed by atoms with Crippen LogP contribution in [0.5, 0.6) is 5.75 Å². The Labute approximate surface area is 319 Å². The van der Waals surface area contributed by atoms with Gasteiger partial charge in [0.2, 0.25) is 11.8 Å². The summed E-state index contributed by atoms with van der Waals surface area (Å²) in [6.45, 7) is 7.03. The zero-order valence-electron chi connectivity index (χ0n) is 30.7. The van der Waals surface area contributed by atoms with E-state index in [2.05, 4.69) is 20.9 Å². The number of carboxylic acids is 1. The highest BCUT2D eigenvalue weighted by Crippen LogP contribution is 2.38. The minimum atomic E-state index is -1.06. The summed E-state index contributed by atoms with van der Waals surface area (Å²) in [6, 6.07) is 16.5. The lowest BCUT2D eigenvalue weighted by atomic mass is 9.97. The first kappa shape index (κ1) is 42.1. The molecule has 15 heteroatoms. The lowest BCUT2D eigenvalue weighted by Crippen LogP contribution is -2.39. The highest BCUT2D eigenvalue weighted by Gasteiger charge is 2.19. The molecule has 0 fully saturated rings. The first-order valence-corrected chi connectivity index (χ1v) is 18.9. The second kappa shape index (κ2) is 23.9. The van der Waals surface area contributed by atoms with Crippen LogP contribution in [0.3, 0.4) is 0 Å². The number of rotatable bonds is 27. The molecule has 4 aromatic rings. The van der Waals surface area contributed by atoms with Gasteiger partial charge in [-0.1, -0.05) is 24.3 Å². The van der Waals surface area contributed by atoms with Gasteiger partial charge in [0.25, 0.3) is 0 Å². The molecule has 54 heavy (non-hydrogen) atoms. The molecule has 0 aliphatic carbocycles. The number of thiophene rings is 1. The predicted octanol–water partition coefficient (Wildman–Crippen LogP) is 4.32. The van der Waals surface area contributed by atoms with Crippen molar-refractivity contribution in [3.63, 3.8) is 0 Å². The van der Waals surface area contributed by atoms with Crippen LogP contribution in [0, 0.1) is 6.92 Å². The number of aliphatic carboxylic acids is 1. The predicted molar refractivity (Wildman–Crippen MR) is 208 cm³/mol. The van der Waals surface area contributed by atoms with Crippen LogP contribution >= 0.6 is 11.3 Å². The molecular weight excluding hydrogens is 715 g/mol. The molecule has 6 N–H and O–H groups in total. The zero-order valence-corrected chi connectivity index (χ0v) is 31.5. The van der Waals surface area contributed by atoms with Crippen molar-refractivity contribution in [1.29, 1.82) is 0 Å². The number of nitrogens with two attached hydrogens (primary N) is 1. The number of pyridine rings is 1. The third-order valence-electron chi connectivity index (χ3n) is 8.03. The van der Waals surface area contributed by atoms with Crippen LogP contribution in [0.1, 0.15) is 36.4 Å². The Kier molecular flexibility index (Phi) is 18.6. The number of carbonyl (C=O) groups excluding carboxylic acids is 2. The highest BCUT2D eigenvalue weighted by molar-refractivity contribution is 7.17. The quantitative estimate of drug-likeness (QED) is 0.0542. The van der Waals surface area contributed by atoms with E-state index in [1.807, 2.05) is 66.9 Å². The van der Waals surface area contributed by atoms with E-state index in [4.69, 9.17) is 29.4 Å². The smallest absolute Gasteiger partial charge is 0.305 e. The standard InChI is InChI=1S/C39H51N5O9S/c1-28-10-14-42-35(25-28)41-13-2-3-36(45)43-27-37(46)44-33(26-38(47)48)30-6-4-29(5-7-30)31-8-9-34(39-32(31)11-24-54-39)53-23-22-52-21-20-51-19-18-50-17-16-49-15-12-40/h4-11,14,24-25,33H,2-3,12-13,15-23,26-27,40H2,1H3,(H,41,42)(H,43,45)(H,44,46)(H,47,48)/t33-/m0/s1. The van der Waals surface area contributed by atoms with Crippen LogP contribution in [0.2, 0.25) is 0 Å². The van der Waals surface area contributed by atoms with Gasteiger partial charge in [-0.2, -0.15) is 0 Å². The molecule has 0 spiro atoms. The van der Waals surface area contributed by atoms with Crippen LogP contribution < -0.4 is 26.4 Å². The van der Waals surface area contributed by atoms with Crippen molar-refractivity contribution in [1.82, 2.24) is 15.6 Å². The fraction of sp³-hybridized carbons (Fsp3) is 0.436. The van der Waals surface area contributed by atoms with Crippen LogP contribution in [0.25, 0.3) is 21.2 Å².